The topological polar surface area (TPSA) is 3.24 Å². The molecule has 156 valence electrons. The standard InChI is InChI=1S/C30H31N/c1-7-13-16-20-26(10-4)27(11-5)24-25-28(12-6)31(30-22-17-15-18-23-30)29(19-9-3)21-14-8-2/h7-25H,1-6H2/b16-13-,21-14-,26-20+,27-24+,28-25+,29-19+. The van der Waals surface area contributed by atoms with Gasteiger partial charge in [-0.3, -0.25) is 0 Å². The molecule has 1 heteroatoms. The predicted molar refractivity (Wildman–Crippen MR) is 141 cm³/mol. The molecule has 1 aromatic rings. The highest BCUT2D eigenvalue weighted by atomic mass is 15.1. The van der Waals surface area contributed by atoms with E-state index in [0.29, 0.717) is 0 Å². The molecule has 0 saturated carbocycles. The molecule has 1 rings (SSSR count). The SMILES string of the molecule is C=C\C=C/C=C(C=C)/C(C=C)=C/C=C(\C=C)N(C(/C=C\C=C)=C/C=C)c1ccccc1. The molecule has 0 aliphatic rings. The zero-order valence-corrected chi connectivity index (χ0v) is 18.2. The Morgan fingerprint density at radius 1 is 0.581 bits per heavy atom. The largest absolute Gasteiger partial charge is 0.311 e. The van der Waals surface area contributed by atoms with Crippen LogP contribution in [0.2, 0.25) is 0 Å². The Morgan fingerprint density at radius 3 is 1.77 bits per heavy atom. The zero-order chi connectivity index (χ0) is 22.9. The summed E-state index contributed by atoms with van der Waals surface area (Å²) in [5.74, 6) is 0. The smallest absolute Gasteiger partial charge is 0.0461 e. The molecule has 0 N–H and O–H groups in total. The maximum Gasteiger partial charge on any atom is 0.0461 e. The molecule has 31 heavy (non-hydrogen) atoms. The quantitative estimate of drug-likeness (QED) is 0.298. The van der Waals surface area contributed by atoms with Gasteiger partial charge >= 0.3 is 0 Å². The Morgan fingerprint density at radius 2 is 1.23 bits per heavy atom. The third-order valence-corrected chi connectivity index (χ3v) is 4.16. The minimum Gasteiger partial charge on any atom is -0.311 e. The van der Waals surface area contributed by atoms with Crippen LogP contribution < -0.4 is 4.90 Å². The molecule has 0 saturated heterocycles. The summed E-state index contributed by atoms with van der Waals surface area (Å²) in [5.41, 5.74) is 4.70. The number of hydrogen-bond donors (Lipinski definition) is 0. The summed E-state index contributed by atoms with van der Waals surface area (Å²) >= 11 is 0. The molecule has 0 aliphatic carbocycles. The number of rotatable bonds is 13. The van der Waals surface area contributed by atoms with Gasteiger partial charge in [0.15, 0.2) is 0 Å². The van der Waals surface area contributed by atoms with Crippen LogP contribution in [0.15, 0.2) is 177 Å². The van der Waals surface area contributed by atoms with Gasteiger partial charge in [-0.25, -0.2) is 0 Å². The Hall–Kier alpha value is -4.10. The fraction of sp³-hybridized carbons (Fsp3) is 0. The van der Waals surface area contributed by atoms with E-state index in [1.54, 1.807) is 30.4 Å². The fourth-order valence-electron chi connectivity index (χ4n) is 2.73. The molecular formula is C30H31N. The third-order valence-electron chi connectivity index (χ3n) is 4.16. The van der Waals surface area contributed by atoms with Gasteiger partial charge in [-0.1, -0.05) is 118 Å². The van der Waals surface area contributed by atoms with E-state index in [-0.39, 0.29) is 0 Å². The Balaban J connectivity index is 3.63. The maximum atomic E-state index is 4.04. The van der Waals surface area contributed by atoms with E-state index in [4.69, 9.17) is 0 Å². The van der Waals surface area contributed by atoms with Gasteiger partial charge < -0.3 is 4.90 Å². The van der Waals surface area contributed by atoms with Gasteiger partial charge in [0, 0.05) is 17.1 Å². The first-order chi connectivity index (χ1) is 15.2. The Labute approximate surface area is 188 Å². The van der Waals surface area contributed by atoms with Crippen LogP contribution in [0.4, 0.5) is 5.69 Å². The van der Waals surface area contributed by atoms with Crippen LogP contribution in [0.3, 0.4) is 0 Å². The number of anilines is 1. The monoisotopic (exact) mass is 405 g/mol. The zero-order valence-electron chi connectivity index (χ0n) is 18.2. The molecule has 0 fully saturated rings. The highest BCUT2D eigenvalue weighted by Crippen LogP contribution is 2.26. The minimum atomic E-state index is 0.886. The molecule has 1 aromatic carbocycles. The predicted octanol–water partition coefficient (Wildman–Crippen LogP) is 8.34. The molecular weight excluding hydrogens is 374 g/mol. The second-order valence-corrected chi connectivity index (χ2v) is 6.16. The molecule has 0 spiro atoms. The van der Waals surface area contributed by atoms with Crippen LogP contribution in [0.5, 0.6) is 0 Å². The van der Waals surface area contributed by atoms with Crippen LogP contribution in [-0.2, 0) is 0 Å². The van der Waals surface area contributed by atoms with Crippen molar-refractivity contribution in [2.75, 3.05) is 4.90 Å². The number of nitrogens with zero attached hydrogens (tertiary/aromatic N) is 1. The van der Waals surface area contributed by atoms with E-state index in [1.165, 1.54) is 0 Å². The van der Waals surface area contributed by atoms with E-state index >= 15 is 0 Å². The van der Waals surface area contributed by atoms with Crippen molar-refractivity contribution in [1.29, 1.82) is 0 Å². The molecule has 0 heterocycles. The molecule has 0 bridgehead atoms. The molecule has 1 nitrogen and oxygen atoms in total. The third kappa shape index (κ3) is 8.04. The van der Waals surface area contributed by atoms with Crippen molar-refractivity contribution < 1.29 is 0 Å². The molecule has 0 aromatic heterocycles. The second-order valence-electron chi connectivity index (χ2n) is 6.16. The van der Waals surface area contributed by atoms with E-state index in [1.807, 2.05) is 85.0 Å². The van der Waals surface area contributed by atoms with Gasteiger partial charge in [-0.15, -0.1) is 0 Å². The van der Waals surface area contributed by atoms with Gasteiger partial charge in [0.05, 0.1) is 0 Å². The first kappa shape index (κ1) is 24.9. The fourth-order valence-corrected chi connectivity index (χ4v) is 2.73. The van der Waals surface area contributed by atoms with Gasteiger partial charge in [0.25, 0.3) is 0 Å². The normalized spacial score (nSPS) is 13.2. The summed E-state index contributed by atoms with van der Waals surface area (Å²) in [6, 6.07) is 10.1. The molecule has 0 radical (unpaired) electrons. The van der Waals surface area contributed by atoms with Crippen molar-refractivity contribution in [3.05, 3.63) is 177 Å². The first-order valence-electron chi connectivity index (χ1n) is 9.92. The van der Waals surface area contributed by atoms with E-state index in [2.05, 4.69) is 44.4 Å². The number of para-hydroxylation sites is 1. The number of benzene rings is 1. The second kappa shape index (κ2) is 14.8. The van der Waals surface area contributed by atoms with Gasteiger partial charge in [0.1, 0.15) is 0 Å². The van der Waals surface area contributed by atoms with Crippen LogP contribution >= 0.6 is 0 Å². The molecule has 0 amide bonds. The minimum absolute atomic E-state index is 0.886. The van der Waals surface area contributed by atoms with Crippen molar-refractivity contribution in [3.63, 3.8) is 0 Å². The van der Waals surface area contributed by atoms with Gasteiger partial charge in [-0.05, 0) is 47.6 Å². The maximum absolute atomic E-state index is 4.04. The summed E-state index contributed by atoms with van der Waals surface area (Å²) in [5, 5.41) is 0. The van der Waals surface area contributed by atoms with E-state index in [0.717, 1.165) is 28.2 Å². The van der Waals surface area contributed by atoms with Gasteiger partial charge in [-0.2, -0.15) is 0 Å². The van der Waals surface area contributed by atoms with E-state index < -0.39 is 0 Å². The van der Waals surface area contributed by atoms with Crippen LogP contribution in [0, 0.1) is 0 Å². The average Bonchev–Trinajstić information content (AvgIpc) is 2.81. The molecule has 0 unspecified atom stereocenters. The summed E-state index contributed by atoms with van der Waals surface area (Å²) in [4.78, 5) is 2.10. The van der Waals surface area contributed by atoms with Crippen LogP contribution in [-0.4, -0.2) is 0 Å². The van der Waals surface area contributed by atoms with Gasteiger partial charge in [0.2, 0.25) is 0 Å². The lowest BCUT2D eigenvalue weighted by molar-refractivity contribution is 1.14. The number of allylic oxidation sites excluding steroid dienone is 16. The lowest BCUT2D eigenvalue weighted by Gasteiger charge is -2.27. The van der Waals surface area contributed by atoms with Crippen molar-refractivity contribution in [2.24, 2.45) is 0 Å². The lowest BCUT2D eigenvalue weighted by atomic mass is 10.0. The average molecular weight is 406 g/mol. The summed E-state index contributed by atoms with van der Waals surface area (Å²) in [7, 11) is 0. The lowest BCUT2D eigenvalue weighted by Crippen LogP contribution is -2.19. The molecule has 0 aliphatic heterocycles. The Kier molecular flexibility index (Phi) is 11.9. The molecule has 0 atom stereocenters. The first-order valence-corrected chi connectivity index (χ1v) is 9.92. The van der Waals surface area contributed by atoms with Crippen molar-refractivity contribution in [2.45, 2.75) is 0 Å². The van der Waals surface area contributed by atoms with Crippen LogP contribution in [0.1, 0.15) is 0 Å². The Bertz CT molecular complexity index is 972. The number of hydrogen-bond acceptors (Lipinski definition) is 1. The summed E-state index contributed by atoms with van der Waals surface area (Å²) < 4.78 is 0. The van der Waals surface area contributed by atoms with Crippen molar-refractivity contribution >= 4 is 5.69 Å². The van der Waals surface area contributed by atoms with Crippen LogP contribution in [0.25, 0.3) is 0 Å². The van der Waals surface area contributed by atoms with Crippen molar-refractivity contribution in [3.8, 4) is 0 Å². The van der Waals surface area contributed by atoms with Crippen molar-refractivity contribution in [1.82, 2.24) is 0 Å². The highest BCUT2D eigenvalue weighted by Gasteiger charge is 2.12. The summed E-state index contributed by atoms with van der Waals surface area (Å²) in [6.45, 7) is 23.2. The summed E-state index contributed by atoms with van der Waals surface area (Å²) in [6.07, 6.45) is 26.2. The van der Waals surface area contributed by atoms with E-state index in [9.17, 15) is 0 Å². The highest BCUT2D eigenvalue weighted by molar-refractivity contribution is 5.64.